The zero-order chi connectivity index (χ0) is 13.7. The molecule has 0 aliphatic heterocycles. The normalized spacial score (nSPS) is 12.6. The zero-order valence-corrected chi connectivity index (χ0v) is 12.2. The number of nitrogens with one attached hydrogen (secondary N) is 1. The Labute approximate surface area is 119 Å². The standard InChI is InChI=1S/C16H20ClNO/c1-3-8-18-16(11-14-5-4-9-19-14)15-10-13(17)7-6-12(15)2/h4-7,9-10,16,18H,3,8,11H2,1-2H3. The van der Waals surface area contributed by atoms with Gasteiger partial charge in [-0.2, -0.15) is 0 Å². The molecule has 0 bridgehead atoms. The van der Waals surface area contributed by atoms with Crippen molar-refractivity contribution in [2.45, 2.75) is 32.7 Å². The number of aryl methyl sites for hydroxylation is 1. The molecule has 1 unspecified atom stereocenters. The molecule has 102 valence electrons. The van der Waals surface area contributed by atoms with Gasteiger partial charge in [0.25, 0.3) is 0 Å². The van der Waals surface area contributed by atoms with Gasteiger partial charge in [-0.1, -0.05) is 24.6 Å². The van der Waals surface area contributed by atoms with Crippen LogP contribution in [0.2, 0.25) is 5.02 Å². The molecule has 1 aromatic carbocycles. The van der Waals surface area contributed by atoms with Crippen LogP contribution in [0.25, 0.3) is 0 Å². The molecule has 1 N–H and O–H groups in total. The summed E-state index contributed by atoms with van der Waals surface area (Å²) in [5, 5.41) is 4.35. The Morgan fingerprint density at radius 1 is 1.32 bits per heavy atom. The van der Waals surface area contributed by atoms with E-state index in [2.05, 4.69) is 25.2 Å². The van der Waals surface area contributed by atoms with Crippen LogP contribution in [0.15, 0.2) is 41.0 Å². The third kappa shape index (κ3) is 3.85. The Bertz CT molecular complexity index is 507. The van der Waals surface area contributed by atoms with E-state index in [4.69, 9.17) is 16.0 Å². The van der Waals surface area contributed by atoms with Crippen molar-refractivity contribution < 1.29 is 4.42 Å². The summed E-state index contributed by atoms with van der Waals surface area (Å²) in [6.07, 6.45) is 3.67. The lowest BCUT2D eigenvalue weighted by Gasteiger charge is -2.20. The average molecular weight is 278 g/mol. The molecule has 3 heteroatoms. The van der Waals surface area contributed by atoms with Gasteiger partial charge in [-0.05, 0) is 55.3 Å². The van der Waals surface area contributed by atoms with E-state index < -0.39 is 0 Å². The Morgan fingerprint density at radius 3 is 2.84 bits per heavy atom. The number of furan rings is 1. The molecule has 1 atom stereocenters. The predicted molar refractivity (Wildman–Crippen MR) is 79.6 cm³/mol. The molecule has 2 rings (SSSR count). The van der Waals surface area contributed by atoms with Crippen LogP contribution in [-0.4, -0.2) is 6.54 Å². The number of hydrogen-bond acceptors (Lipinski definition) is 2. The molecule has 0 amide bonds. The van der Waals surface area contributed by atoms with Crippen LogP contribution in [0.1, 0.15) is 36.3 Å². The number of rotatable bonds is 6. The predicted octanol–water partition coefficient (Wildman–Crippen LogP) is 4.52. The van der Waals surface area contributed by atoms with Crippen molar-refractivity contribution in [2.24, 2.45) is 0 Å². The first-order valence-electron chi connectivity index (χ1n) is 6.72. The van der Waals surface area contributed by atoms with Crippen molar-refractivity contribution in [3.05, 3.63) is 58.5 Å². The highest BCUT2D eigenvalue weighted by Gasteiger charge is 2.15. The Morgan fingerprint density at radius 2 is 2.16 bits per heavy atom. The summed E-state index contributed by atoms with van der Waals surface area (Å²) in [5.74, 6) is 0.993. The quantitative estimate of drug-likeness (QED) is 0.839. The van der Waals surface area contributed by atoms with Crippen LogP contribution in [0.3, 0.4) is 0 Å². The largest absolute Gasteiger partial charge is 0.469 e. The second-order valence-electron chi connectivity index (χ2n) is 4.79. The topological polar surface area (TPSA) is 25.2 Å². The Hall–Kier alpha value is -1.25. The van der Waals surface area contributed by atoms with Crippen molar-refractivity contribution in [1.29, 1.82) is 0 Å². The number of hydrogen-bond donors (Lipinski definition) is 1. The summed E-state index contributed by atoms with van der Waals surface area (Å²) < 4.78 is 5.46. The fourth-order valence-electron chi connectivity index (χ4n) is 2.23. The van der Waals surface area contributed by atoms with Gasteiger partial charge in [-0.25, -0.2) is 0 Å². The fourth-order valence-corrected chi connectivity index (χ4v) is 2.41. The molecular formula is C16H20ClNO. The first kappa shape index (κ1) is 14.2. The van der Waals surface area contributed by atoms with Crippen LogP contribution >= 0.6 is 11.6 Å². The van der Waals surface area contributed by atoms with Gasteiger partial charge in [-0.15, -0.1) is 0 Å². The van der Waals surface area contributed by atoms with Crippen LogP contribution in [0.5, 0.6) is 0 Å². The number of halogens is 1. The summed E-state index contributed by atoms with van der Waals surface area (Å²) in [6, 6.07) is 10.2. The van der Waals surface area contributed by atoms with Gasteiger partial charge in [0.1, 0.15) is 5.76 Å². The first-order valence-corrected chi connectivity index (χ1v) is 7.10. The van der Waals surface area contributed by atoms with Gasteiger partial charge in [-0.3, -0.25) is 0 Å². The van der Waals surface area contributed by atoms with E-state index in [0.29, 0.717) is 0 Å². The van der Waals surface area contributed by atoms with Crippen LogP contribution in [0, 0.1) is 6.92 Å². The van der Waals surface area contributed by atoms with Crippen LogP contribution < -0.4 is 5.32 Å². The van der Waals surface area contributed by atoms with Crippen LogP contribution in [0.4, 0.5) is 0 Å². The summed E-state index contributed by atoms with van der Waals surface area (Å²) >= 11 is 6.13. The molecule has 0 spiro atoms. The maximum Gasteiger partial charge on any atom is 0.105 e. The molecule has 2 aromatic rings. The van der Waals surface area contributed by atoms with E-state index in [-0.39, 0.29) is 6.04 Å². The molecule has 2 nitrogen and oxygen atoms in total. The molecule has 1 heterocycles. The molecule has 0 radical (unpaired) electrons. The van der Waals surface area contributed by atoms with Gasteiger partial charge in [0.2, 0.25) is 0 Å². The zero-order valence-electron chi connectivity index (χ0n) is 11.4. The number of benzene rings is 1. The second kappa shape index (κ2) is 6.78. The van der Waals surface area contributed by atoms with Gasteiger partial charge >= 0.3 is 0 Å². The Kier molecular flexibility index (Phi) is 5.06. The van der Waals surface area contributed by atoms with Crippen LogP contribution in [-0.2, 0) is 6.42 Å². The fraction of sp³-hybridized carbons (Fsp3) is 0.375. The summed E-state index contributed by atoms with van der Waals surface area (Å²) in [5.41, 5.74) is 2.50. The molecule has 1 aromatic heterocycles. The van der Waals surface area contributed by atoms with Gasteiger partial charge in [0.15, 0.2) is 0 Å². The second-order valence-corrected chi connectivity index (χ2v) is 5.23. The molecule has 0 aliphatic rings. The summed E-state index contributed by atoms with van der Waals surface area (Å²) in [6.45, 7) is 5.27. The Balaban J connectivity index is 2.23. The molecule has 0 saturated heterocycles. The van der Waals surface area contributed by atoms with E-state index in [0.717, 1.165) is 30.2 Å². The summed E-state index contributed by atoms with van der Waals surface area (Å²) in [7, 11) is 0. The van der Waals surface area contributed by atoms with E-state index in [1.807, 2.05) is 24.3 Å². The van der Waals surface area contributed by atoms with E-state index >= 15 is 0 Å². The maximum absolute atomic E-state index is 6.13. The third-order valence-corrected chi connectivity index (χ3v) is 3.48. The average Bonchev–Trinajstić information content (AvgIpc) is 2.90. The molecular weight excluding hydrogens is 258 g/mol. The minimum Gasteiger partial charge on any atom is -0.469 e. The highest BCUT2D eigenvalue weighted by Crippen LogP contribution is 2.25. The van der Waals surface area contributed by atoms with E-state index in [9.17, 15) is 0 Å². The van der Waals surface area contributed by atoms with Crippen molar-refractivity contribution in [3.63, 3.8) is 0 Å². The molecule has 19 heavy (non-hydrogen) atoms. The van der Waals surface area contributed by atoms with Gasteiger partial charge < -0.3 is 9.73 Å². The van der Waals surface area contributed by atoms with Crippen molar-refractivity contribution in [3.8, 4) is 0 Å². The van der Waals surface area contributed by atoms with Crippen molar-refractivity contribution in [2.75, 3.05) is 6.54 Å². The van der Waals surface area contributed by atoms with Crippen molar-refractivity contribution in [1.82, 2.24) is 5.32 Å². The lowest BCUT2D eigenvalue weighted by atomic mass is 9.97. The van der Waals surface area contributed by atoms with Crippen molar-refractivity contribution >= 4 is 11.6 Å². The lowest BCUT2D eigenvalue weighted by Crippen LogP contribution is -2.24. The molecule has 0 aliphatic carbocycles. The van der Waals surface area contributed by atoms with Gasteiger partial charge in [0.05, 0.1) is 6.26 Å². The highest BCUT2D eigenvalue weighted by atomic mass is 35.5. The van der Waals surface area contributed by atoms with E-state index in [1.54, 1.807) is 6.26 Å². The maximum atomic E-state index is 6.13. The monoisotopic (exact) mass is 277 g/mol. The van der Waals surface area contributed by atoms with Gasteiger partial charge in [0, 0.05) is 17.5 Å². The first-order chi connectivity index (χ1) is 9.20. The highest BCUT2D eigenvalue weighted by molar-refractivity contribution is 6.30. The minimum atomic E-state index is 0.241. The smallest absolute Gasteiger partial charge is 0.105 e. The summed E-state index contributed by atoms with van der Waals surface area (Å²) in [4.78, 5) is 0. The third-order valence-electron chi connectivity index (χ3n) is 3.24. The molecule has 0 saturated carbocycles. The SMILES string of the molecule is CCCNC(Cc1ccco1)c1cc(Cl)ccc1C. The minimum absolute atomic E-state index is 0.241. The van der Waals surface area contributed by atoms with E-state index in [1.165, 1.54) is 11.1 Å². The molecule has 0 fully saturated rings. The lowest BCUT2D eigenvalue weighted by molar-refractivity contribution is 0.448.